The van der Waals surface area contributed by atoms with E-state index in [1.165, 1.54) is 10.4 Å². The van der Waals surface area contributed by atoms with Crippen LogP contribution in [0.3, 0.4) is 0 Å². The van der Waals surface area contributed by atoms with Crippen LogP contribution in [0.15, 0.2) is 29.6 Å². The van der Waals surface area contributed by atoms with E-state index in [-0.39, 0.29) is 5.78 Å². The highest BCUT2D eigenvalue weighted by Crippen LogP contribution is 2.17. The predicted molar refractivity (Wildman–Crippen MR) is 90.5 cm³/mol. The Morgan fingerprint density at radius 3 is 2.43 bits per heavy atom. The summed E-state index contributed by atoms with van der Waals surface area (Å²) in [6.45, 7) is 7.52. The van der Waals surface area contributed by atoms with Crippen LogP contribution in [0.5, 0.6) is 0 Å². The van der Waals surface area contributed by atoms with Gasteiger partial charge in [-0.25, -0.2) is 0 Å². The van der Waals surface area contributed by atoms with Gasteiger partial charge >= 0.3 is 0 Å². The van der Waals surface area contributed by atoms with Crippen LogP contribution in [-0.2, 0) is 6.42 Å². The van der Waals surface area contributed by atoms with Crippen molar-refractivity contribution < 1.29 is 4.79 Å². The zero-order valence-corrected chi connectivity index (χ0v) is 14.1. The predicted octanol–water partition coefficient (Wildman–Crippen LogP) is 4.03. The topological polar surface area (TPSA) is 20.3 Å². The van der Waals surface area contributed by atoms with E-state index in [4.69, 9.17) is 0 Å². The van der Waals surface area contributed by atoms with Gasteiger partial charge in [-0.2, -0.15) is 0 Å². The summed E-state index contributed by atoms with van der Waals surface area (Å²) in [6, 6.07) is 8.40. The number of hydrogen-bond acceptors (Lipinski definition) is 3. The van der Waals surface area contributed by atoms with Crippen LogP contribution in [0.1, 0.15) is 31.9 Å². The van der Waals surface area contributed by atoms with Gasteiger partial charge in [-0.1, -0.05) is 23.8 Å². The van der Waals surface area contributed by atoms with E-state index in [0.29, 0.717) is 6.54 Å². The first-order valence-electron chi connectivity index (χ1n) is 7.29. The molecule has 2 rings (SSSR count). The van der Waals surface area contributed by atoms with Crippen LogP contribution in [0.4, 0.5) is 0 Å². The van der Waals surface area contributed by atoms with E-state index in [1.54, 1.807) is 11.3 Å². The highest BCUT2D eigenvalue weighted by Gasteiger charge is 2.14. The van der Waals surface area contributed by atoms with Gasteiger partial charge in [-0.15, -0.1) is 11.3 Å². The average Bonchev–Trinajstić information content (AvgIpc) is 2.88. The molecule has 1 aromatic carbocycles. The van der Waals surface area contributed by atoms with E-state index in [9.17, 15) is 4.79 Å². The fraction of sp³-hybridized carbons (Fsp3) is 0.389. The second-order valence-electron chi connectivity index (χ2n) is 5.76. The zero-order valence-electron chi connectivity index (χ0n) is 13.3. The zero-order chi connectivity index (χ0) is 15.4. The Kier molecular flexibility index (Phi) is 5.32. The normalized spacial score (nSPS) is 11.1. The minimum Gasteiger partial charge on any atom is -0.299 e. The number of Topliss-reactive ketones (excluding diaryl/α,β-unsaturated/α-hetero) is 1. The molecule has 1 heterocycles. The lowest BCUT2D eigenvalue weighted by molar-refractivity contribution is 0.0946. The Morgan fingerprint density at radius 2 is 1.86 bits per heavy atom. The van der Waals surface area contributed by atoms with E-state index < -0.39 is 0 Å². The van der Waals surface area contributed by atoms with Crippen molar-refractivity contribution >= 4 is 17.1 Å². The number of ketones is 1. The van der Waals surface area contributed by atoms with Crippen LogP contribution in [0.2, 0.25) is 0 Å². The largest absolute Gasteiger partial charge is 0.299 e. The van der Waals surface area contributed by atoms with Crippen molar-refractivity contribution in [3.8, 4) is 0 Å². The Hall–Kier alpha value is -1.45. The molecule has 0 aliphatic heterocycles. The van der Waals surface area contributed by atoms with Gasteiger partial charge in [0.05, 0.1) is 6.54 Å². The summed E-state index contributed by atoms with van der Waals surface area (Å²) in [5, 5.41) is 2.10. The SMILES string of the molecule is Cc1cc(C)c(C(=O)CN(C)CCc2cccs2)c(C)c1. The molecule has 0 saturated carbocycles. The van der Waals surface area contributed by atoms with Crippen LogP contribution in [0.25, 0.3) is 0 Å². The van der Waals surface area contributed by atoms with Gasteiger partial charge < -0.3 is 0 Å². The molecule has 21 heavy (non-hydrogen) atoms. The highest BCUT2D eigenvalue weighted by atomic mass is 32.1. The molecular formula is C18H23NOS. The van der Waals surface area contributed by atoms with Gasteiger partial charge in [-0.05, 0) is 56.8 Å². The summed E-state index contributed by atoms with van der Waals surface area (Å²) in [4.78, 5) is 16.0. The van der Waals surface area contributed by atoms with E-state index in [0.717, 1.165) is 29.7 Å². The maximum absolute atomic E-state index is 12.5. The third-order valence-electron chi connectivity index (χ3n) is 3.69. The minimum atomic E-state index is 0.221. The lowest BCUT2D eigenvalue weighted by Crippen LogP contribution is -2.28. The third-order valence-corrected chi connectivity index (χ3v) is 4.63. The molecule has 3 heteroatoms. The summed E-state index contributed by atoms with van der Waals surface area (Å²) < 4.78 is 0. The second-order valence-corrected chi connectivity index (χ2v) is 6.80. The summed E-state index contributed by atoms with van der Waals surface area (Å²) in [6.07, 6.45) is 1.01. The maximum atomic E-state index is 12.5. The molecule has 2 aromatic rings. The number of nitrogens with zero attached hydrogens (tertiary/aromatic N) is 1. The second kappa shape index (κ2) is 7.01. The van der Waals surface area contributed by atoms with Gasteiger partial charge in [0.15, 0.2) is 5.78 Å². The fourth-order valence-electron chi connectivity index (χ4n) is 2.78. The van der Waals surface area contributed by atoms with E-state index in [1.807, 2.05) is 20.9 Å². The molecule has 1 aromatic heterocycles. The molecule has 112 valence electrons. The quantitative estimate of drug-likeness (QED) is 0.751. The molecule has 0 saturated heterocycles. The van der Waals surface area contributed by atoms with Crippen molar-refractivity contribution in [1.29, 1.82) is 0 Å². The van der Waals surface area contributed by atoms with Crippen molar-refractivity contribution in [1.82, 2.24) is 4.90 Å². The summed E-state index contributed by atoms with van der Waals surface area (Å²) in [5.41, 5.74) is 4.28. The monoisotopic (exact) mass is 301 g/mol. The van der Waals surface area contributed by atoms with E-state index >= 15 is 0 Å². The van der Waals surface area contributed by atoms with Crippen molar-refractivity contribution in [3.05, 3.63) is 56.8 Å². The first-order valence-corrected chi connectivity index (χ1v) is 8.17. The van der Waals surface area contributed by atoms with Gasteiger partial charge in [0.2, 0.25) is 0 Å². The van der Waals surface area contributed by atoms with Crippen molar-refractivity contribution in [2.24, 2.45) is 0 Å². The number of carbonyl (C=O) groups excluding carboxylic acids is 1. The molecular weight excluding hydrogens is 278 g/mol. The first kappa shape index (κ1) is 15.9. The first-order chi connectivity index (χ1) is 9.97. The summed E-state index contributed by atoms with van der Waals surface area (Å²) in [7, 11) is 2.02. The van der Waals surface area contributed by atoms with Gasteiger partial charge in [0.1, 0.15) is 0 Å². The minimum absolute atomic E-state index is 0.221. The Bertz CT molecular complexity index is 593. The Balaban J connectivity index is 1.98. The van der Waals surface area contributed by atoms with Gasteiger partial charge in [0.25, 0.3) is 0 Å². The van der Waals surface area contributed by atoms with Crippen LogP contribution in [0, 0.1) is 20.8 Å². The van der Waals surface area contributed by atoms with Gasteiger partial charge in [-0.3, -0.25) is 9.69 Å². The molecule has 0 bridgehead atoms. The lowest BCUT2D eigenvalue weighted by atomic mass is 9.96. The lowest BCUT2D eigenvalue weighted by Gasteiger charge is -2.17. The van der Waals surface area contributed by atoms with Crippen molar-refractivity contribution in [2.75, 3.05) is 20.1 Å². The molecule has 0 amide bonds. The van der Waals surface area contributed by atoms with E-state index in [2.05, 4.69) is 41.5 Å². The molecule has 0 atom stereocenters. The fourth-order valence-corrected chi connectivity index (χ4v) is 3.48. The Labute approximate surface area is 131 Å². The molecule has 0 spiro atoms. The average molecular weight is 301 g/mol. The van der Waals surface area contributed by atoms with Crippen LogP contribution in [-0.4, -0.2) is 30.8 Å². The number of benzene rings is 1. The van der Waals surface area contributed by atoms with Crippen molar-refractivity contribution in [3.63, 3.8) is 0 Å². The molecule has 0 radical (unpaired) electrons. The number of hydrogen-bond donors (Lipinski definition) is 0. The number of thiophene rings is 1. The summed E-state index contributed by atoms with van der Waals surface area (Å²) in [5.74, 6) is 0.221. The molecule has 0 fully saturated rings. The van der Waals surface area contributed by atoms with Gasteiger partial charge in [0, 0.05) is 17.0 Å². The number of rotatable bonds is 6. The van der Waals surface area contributed by atoms with Crippen molar-refractivity contribution in [2.45, 2.75) is 27.2 Å². The van der Waals surface area contributed by atoms with Crippen LogP contribution >= 0.6 is 11.3 Å². The molecule has 0 aliphatic rings. The number of aryl methyl sites for hydroxylation is 3. The maximum Gasteiger partial charge on any atom is 0.177 e. The summed E-state index contributed by atoms with van der Waals surface area (Å²) >= 11 is 1.78. The third kappa shape index (κ3) is 4.26. The molecule has 0 aliphatic carbocycles. The smallest absolute Gasteiger partial charge is 0.177 e. The molecule has 0 unspecified atom stereocenters. The standard InChI is InChI=1S/C18H23NOS/c1-13-10-14(2)18(15(3)11-13)17(20)12-19(4)8-7-16-6-5-9-21-16/h5-6,9-11H,7-8,12H2,1-4H3. The molecule has 0 N–H and O–H groups in total. The highest BCUT2D eigenvalue weighted by molar-refractivity contribution is 7.09. The molecule has 2 nitrogen and oxygen atoms in total. The van der Waals surface area contributed by atoms with Crippen LogP contribution < -0.4 is 0 Å². The Morgan fingerprint density at radius 1 is 1.19 bits per heavy atom. The number of carbonyl (C=O) groups is 1. The number of likely N-dealkylation sites (N-methyl/N-ethyl adjacent to an activating group) is 1.